The lowest BCUT2D eigenvalue weighted by Crippen LogP contribution is -2.47. The average Bonchev–Trinajstić information content (AvgIpc) is 2.53. The van der Waals surface area contributed by atoms with E-state index in [1.807, 2.05) is 0 Å². The number of hydrogen-bond acceptors (Lipinski definition) is 5. The Balaban J connectivity index is 2.12. The maximum Gasteiger partial charge on any atom is 0.282 e. The number of nitro benzene ring substituents is 1. The molecule has 1 amide bonds. The van der Waals surface area contributed by atoms with Gasteiger partial charge in [0.1, 0.15) is 11.4 Å². The predicted octanol–water partition coefficient (Wildman–Crippen LogP) is 1.48. The Morgan fingerprint density at radius 3 is 2.78 bits per heavy atom. The summed E-state index contributed by atoms with van der Waals surface area (Å²) in [7, 11) is 1.60. The Morgan fingerprint density at radius 1 is 1.48 bits per heavy atom. The number of nitrogens with one attached hydrogen (secondary N) is 2. The van der Waals surface area contributed by atoms with Crippen molar-refractivity contribution in [1.29, 1.82) is 0 Å². The molecule has 8 heteroatoms. The zero-order chi connectivity index (χ0) is 16.9. The van der Waals surface area contributed by atoms with Crippen LogP contribution in [0.4, 0.5) is 10.1 Å². The molecule has 1 fully saturated rings. The molecule has 0 radical (unpaired) electrons. The Labute approximate surface area is 133 Å². The second-order valence-electron chi connectivity index (χ2n) is 5.78. The van der Waals surface area contributed by atoms with Crippen LogP contribution in [0.15, 0.2) is 18.2 Å². The maximum atomic E-state index is 13.3. The summed E-state index contributed by atoms with van der Waals surface area (Å²) in [4.78, 5) is 22.6. The topological polar surface area (TPSA) is 93.5 Å². The van der Waals surface area contributed by atoms with E-state index in [2.05, 4.69) is 10.6 Å². The number of halogens is 1. The first-order valence-corrected chi connectivity index (χ1v) is 7.39. The fourth-order valence-electron chi connectivity index (χ4n) is 2.85. The fraction of sp³-hybridized carbons (Fsp3) is 0.533. The first-order chi connectivity index (χ1) is 11.0. The van der Waals surface area contributed by atoms with E-state index in [9.17, 15) is 19.3 Å². The van der Waals surface area contributed by atoms with Crippen molar-refractivity contribution in [1.82, 2.24) is 10.6 Å². The number of amides is 1. The van der Waals surface area contributed by atoms with Crippen LogP contribution in [-0.2, 0) is 4.74 Å². The van der Waals surface area contributed by atoms with Crippen LogP contribution in [0.1, 0.15) is 23.2 Å². The van der Waals surface area contributed by atoms with E-state index < -0.39 is 22.3 Å². The van der Waals surface area contributed by atoms with Crippen molar-refractivity contribution >= 4 is 11.6 Å². The molecule has 1 aromatic rings. The number of ether oxygens (including phenoxy) is 1. The standard InChI is InChI=1S/C15H20FN3O4/c1-23-10-15(4-6-17-7-5-15)9-18-14(20)12-8-11(16)2-3-13(12)19(21)22/h2-3,8,17H,4-7,9-10H2,1H3,(H,18,20). The number of rotatable bonds is 6. The number of nitro groups is 1. The second-order valence-corrected chi connectivity index (χ2v) is 5.78. The van der Waals surface area contributed by atoms with Crippen molar-refractivity contribution in [3.63, 3.8) is 0 Å². The van der Waals surface area contributed by atoms with Gasteiger partial charge in [0.25, 0.3) is 11.6 Å². The number of carbonyl (C=O) groups is 1. The van der Waals surface area contributed by atoms with Crippen molar-refractivity contribution in [3.05, 3.63) is 39.7 Å². The molecule has 1 aromatic carbocycles. The van der Waals surface area contributed by atoms with Crippen LogP contribution < -0.4 is 10.6 Å². The van der Waals surface area contributed by atoms with Crippen molar-refractivity contribution in [2.75, 3.05) is 33.4 Å². The number of piperidine rings is 1. The van der Waals surface area contributed by atoms with Gasteiger partial charge in [0.05, 0.1) is 11.5 Å². The number of methoxy groups -OCH3 is 1. The summed E-state index contributed by atoms with van der Waals surface area (Å²) in [6.45, 7) is 2.45. The average molecular weight is 325 g/mol. The van der Waals surface area contributed by atoms with E-state index in [0.29, 0.717) is 13.2 Å². The molecule has 0 saturated carbocycles. The monoisotopic (exact) mass is 325 g/mol. The molecule has 0 atom stereocenters. The zero-order valence-electron chi connectivity index (χ0n) is 12.9. The molecule has 0 aromatic heterocycles. The highest BCUT2D eigenvalue weighted by molar-refractivity contribution is 5.98. The summed E-state index contributed by atoms with van der Waals surface area (Å²) in [6.07, 6.45) is 1.65. The highest BCUT2D eigenvalue weighted by atomic mass is 19.1. The highest BCUT2D eigenvalue weighted by Gasteiger charge is 2.33. The third kappa shape index (κ3) is 4.23. The van der Waals surface area contributed by atoms with Crippen LogP contribution in [-0.4, -0.2) is 44.2 Å². The van der Waals surface area contributed by atoms with Gasteiger partial charge in [-0.25, -0.2) is 4.39 Å². The lowest BCUT2D eigenvalue weighted by Gasteiger charge is -2.37. The van der Waals surface area contributed by atoms with Gasteiger partial charge >= 0.3 is 0 Å². The number of carbonyl (C=O) groups excluding carboxylic acids is 1. The molecule has 23 heavy (non-hydrogen) atoms. The minimum absolute atomic E-state index is 0.211. The van der Waals surface area contributed by atoms with Crippen LogP contribution in [0, 0.1) is 21.3 Å². The SMILES string of the molecule is COCC1(CNC(=O)c2cc(F)ccc2[N+](=O)[O-])CCNCC1. The molecule has 0 aliphatic carbocycles. The zero-order valence-corrected chi connectivity index (χ0v) is 12.9. The molecule has 2 rings (SSSR count). The molecule has 0 spiro atoms. The van der Waals surface area contributed by atoms with Gasteiger partial charge in [0, 0.05) is 25.1 Å². The Hall–Kier alpha value is -2.06. The predicted molar refractivity (Wildman–Crippen MR) is 81.8 cm³/mol. The summed E-state index contributed by atoms with van der Waals surface area (Å²) in [5.41, 5.74) is -0.885. The van der Waals surface area contributed by atoms with Crippen LogP contribution in [0.5, 0.6) is 0 Å². The Morgan fingerprint density at radius 2 is 2.17 bits per heavy atom. The first kappa shape index (κ1) is 17.3. The molecule has 2 N–H and O–H groups in total. The molecular formula is C15H20FN3O4. The normalized spacial score (nSPS) is 16.8. The largest absolute Gasteiger partial charge is 0.384 e. The van der Waals surface area contributed by atoms with Crippen molar-refractivity contribution in [2.24, 2.45) is 5.41 Å². The number of nitrogens with zero attached hydrogens (tertiary/aromatic N) is 1. The number of benzene rings is 1. The van der Waals surface area contributed by atoms with Crippen molar-refractivity contribution in [3.8, 4) is 0 Å². The first-order valence-electron chi connectivity index (χ1n) is 7.39. The van der Waals surface area contributed by atoms with E-state index in [1.54, 1.807) is 7.11 Å². The van der Waals surface area contributed by atoms with E-state index in [4.69, 9.17) is 4.74 Å². The van der Waals surface area contributed by atoms with Gasteiger partial charge < -0.3 is 15.4 Å². The molecule has 1 heterocycles. The molecule has 1 aliphatic heterocycles. The van der Waals surface area contributed by atoms with E-state index in [0.717, 1.165) is 44.1 Å². The quantitative estimate of drug-likeness (QED) is 0.610. The molecule has 1 saturated heterocycles. The van der Waals surface area contributed by atoms with Crippen LogP contribution >= 0.6 is 0 Å². The summed E-state index contributed by atoms with van der Waals surface area (Å²) in [5, 5.41) is 16.9. The second kappa shape index (κ2) is 7.47. The van der Waals surface area contributed by atoms with Crippen LogP contribution in [0.3, 0.4) is 0 Å². The van der Waals surface area contributed by atoms with Gasteiger partial charge in [-0.05, 0) is 38.1 Å². The minimum atomic E-state index is -0.691. The highest BCUT2D eigenvalue weighted by Crippen LogP contribution is 2.28. The van der Waals surface area contributed by atoms with Gasteiger partial charge in [0.2, 0.25) is 0 Å². The smallest absolute Gasteiger partial charge is 0.282 e. The lowest BCUT2D eigenvalue weighted by molar-refractivity contribution is -0.385. The molecule has 126 valence electrons. The summed E-state index contributed by atoms with van der Waals surface area (Å²) in [6, 6.07) is 2.85. The summed E-state index contributed by atoms with van der Waals surface area (Å²) in [5.74, 6) is -1.33. The van der Waals surface area contributed by atoms with Gasteiger partial charge in [-0.2, -0.15) is 0 Å². The fourth-order valence-corrected chi connectivity index (χ4v) is 2.85. The van der Waals surface area contributed by atoms with E-state index in [1.165, 1.54) is 0 Å². The summed E-state index contributed by atoms with van der Waals surface area (Å²) >= 11 is 0. The lowest BCUT2D eigenvalue weighted by atomic mass is 9.79. The maximum absolute atomic E-state index is 13.3. The minimum Gasteiger partial charge on any atom is -0.384 e. The molecular weight excluding hydrogens is 305 g/mol. The summed E-state index contributed by atoms with van der Waals surface area (Å²) < 4.78 is 18.6. The van der Waals surface area contributed by atoms with E-state index in [-0.39, 0.29) is 11.0 Å². The Bertz CT molecular complexity index is 583. The van der Waals surface area contributed by atoms with E-state index >= 15 is 0 Å². The van der Waals surface area contributed by atoms with Gasteiger partial charge in [-0.1, -0.05) is 0 Å². The molecule has 1 aliphatic rings. The van der Waals surface area contributed by atoms with Gasteiger partial charge in [-0.15, -0.1) is 0 Å². The van der Waals surface area contributed by atoms with Crippen LogP contribution in [0.2, 0.25) is 0 Å². The van der Waals surface area contributed by atoms with Gasteiger partial charge in [-0.3, -0.25) is 14.9 Å². The molecule has 7 nitrogen and oxygen atoms in total. The number of hydrogen-bond donors (Lipinski definition) is 2. The van der Waals surface area contributed by atoms with Crippen molar-refractivity contribution < 1.29 is 18.8 Å². The molecule has 0 bridgehead atoms. The van der Waals surface area contributed by atoms with Gasteiger partial charge in [0.15, 0.2) is 0 Å². The third-order valence-electron chi connectivity index (χ3n) is 4.14. The van der Waals surface area contributed by atoms with Crippen LogP contribution in [0.25, 0.3) is 0 Å². The molecule has 0 unspecified atom stereocenters. The Kier molecular flexibility index (Phi) is 5.62. The third-order valence-corrected chi connectivity index (χ3v) is 4.14. The van der Waals surface area contributed by atoms with Crippen molar-refractivity contribution in [2.45, 2.75) is 12.8 Å².